The number of rotatable bonds is 7. The zero-order valence-electron chi connectivity index (χ0n) is 20.3. The first-order chi connectivity index (χ1) is 17.3. The molecular formula is C29H26N2O5. The molecule has 3 aromatic carbocycles. The Kier molecular flexibility index (Phi) is 7.07. The zero-order valence-corrected chi connectivity index (χ0v) is 20.3. The highest BCUT2D eigenvalue weighted by Crippen LogP contribution is 2.43. The van der Waals surface area contributed by atoms with Gasteiger partial charge in [0.15, 0.2) is 0 Å². The molecule has 36 heavy (non-hydrogen) atoms. The van der Waals surface area contributed by atoms with Crippen LogP contribution in [0.5, 0.6) is 11.5 Å². The Bertz CT molecular complexity index is 1370. The summed E-state index contributed by atoms with van der Waals surface area (Å²) in [6.07, 6.45) is -0.0774. The van der Waals surface area contributed by atoms with Gasteiger partial charge in [0, 0.05) is 11.3 Å². The number of hydrogen-bond acceptors (Lipinski definition) is 6. The molecule has 0 aliphatic carbocycles. The first kappa shape index (κ1) is 24.6. The summed E-state index contributed by atoms with van der Waals surface area (Å²) in [4.78, 5) is 28.0. The molecule has 4 rings (SSSR count). The lowest BCUT2D eigenvalue weighted by atomic mass is 9.95. The second-order valence-electron chi connectivity index (χ2n) is 8.53. The van der Waals surface area contributed by atoms with Crippen molar-refractivity contribution >= 4 is 23.1 Å². The van der Waals surface area contributed by atoms with Crippen LogP contribution in [-0.4, -0.2) is 29.5 Å². The summed E-state index contributed by atoms with van der Waals surface area (Å²) < 4.78 is 11.4. The molecule has 1 unspecified atom stereocenters. The average molecular weight is 483 g/mol. The number of Topliss-reactive ketones (excluding diaryl/α,β-unsaturated/α-hetero) is 1. The minimum atomic E-state index is -0.913. The maximum Gasteiger partial charge on any atom is 0.300 e. The quantitative estimate of drug-likeness (QED) is 0.276. The predicted octanol–water partition coefficient (Wildman–Crippen LogP) is 5.37. The molecule has 7 heteroatoms. The van der Waals surface area contributed by atoms with E-state index in [1.54, 1.807) is 72.8 Å². The Balaban J connectivity index is 1.91. The first-order valence-corrected chi connectivity index (χ1v) is 11.6. The topological polar surface area (TPSA) is 99.9 Å². The highest BCUT2D eigenvalue weighted by Gasteiger charge is 2.47. The van der Waals surface area contributed by atoms with E-state index < -0.39 is 17.7 Å². The third kappa shape index (κ3) is 4.80. The normalized spacial score (nSPS) is 16.8. The number of nitriles is 1. The second kappa shape index (κ2) is 10.4. The van der Waals surface area contributed by atoms with Crippen LogP contribution in [0.3, 0.4) is 0 Å². The molecule has 1 fully saturated rings. The molecule has 1 amide bonds. The fraction of sp³-hybridized carbons (Fsp3) is 0.207. The molecule has 1 N–H and O–H groups in total. The maximum atomic E-state index is 13.4. The molecule has 1 aliphatic rings. The highest BCUT2D eigenvalue weighted by atomic mass is 16.5. The zero-order chi connectivity index (χ0) is 25.8. The Morgan fingerprint density at radius 1 is 1.03 bits per heavy atom. The number of anilines is 1. The third-order valence-electron chi connectivity index (χ3n) is 5.68. The summed E-state index contributed by atoms with van der Waals surface area (Å²) in [5.41, 5.74) is 1.77. The van der Waals surface area contributed by atoms with Crippen LogP contribution in [0.25, 0.3) is 5.76 Å². The number of aliphatic hydroxyl groups is 1. The molecule has 0 radical (unpaired) electrons. The number of ketones is 1. The number of aliphatic hydroxyl groups excluding tert-OH is 1. The van der Waals surface area contributed by atoms with Gasteiger partial charge < -0.3 is 14.6 Å². The number of hydrogen-bond donors (Lipinski definition) is 1. The van der Waals surface area contributed by atoms with E-state index in [9.17, 15) is 20.0 Å². The number of ether oxygens (including phenoxy) is 2. The van der Waals surface area contributed by atoms with Crippen molar-refractivity contribution in [2.45, 2.75) is 32.9 Å². The summed E-state index contributed by atoms with van der Waals surface area (Å²) in [5.74, 6) is -0.773. The van der Waals surface area contributed by atoms with Crippen molar-refractivity contribution in [2.24, 2.45) is 0 Å². The molecule has 7 nitrogen and oxygen atoms in total. The van der Waals surface area contributed by atoms with Gasteiger partial charge in [-0.05, 0) is 74.9 Å². The SMILES string of the molecule is CCOc1cccc(/C(O)=C2/C(=O)C(=O)N(c3ccc(C#N)cc3)C2c2cccc(OC(C)C)c2)c1. The van der Waals surface area contributed by atoms with E-state index in [0.717, 1.165) is 0 Å². The Morgan fingerprint density at radius 3 is 2.39 bits per heavy atom. The van der Waals surface area contributed by atoms with Crippen LogP contribution >= 0.6 is 0 Å². The lowest BCUT2D eigenvalue weighted by molar-refractivity contribution is -0.132. The van der Waals surface area contributed by atoms with E-state index in [2.05, 4.69) is 0 Å². The van der Waals surface area contributed by atoms with Crippen molar-refractivity contribution in [3.05, 3.63) is 95.1 Å². The van der Waals surface area contributed by atoms with E-state index in [1.165, 1.54) is 4.90 Å². The van der Waals surface area contributed by atoms with E-state index in [0.29, 0.717) is 40.5 Å². The molecular weight excluding hydrogens is 456 g/mol. The van der Waals surface area contributed by atoms with Crippen LogP contribution in [0.2, 0.25) is 0 Å². The fourth-order valence-electron chi connectivity index (χ4n) is 4.20. The fourth-order valence-corrected chi connectivity index (χ4v) is 4.20. The van der Waals surface area contributed by atoms with Crippen molar-refractivity contribution < 1.29 is 24.2 Å². The molecule has 1 heterocycles. The molecule has 1 saturated heterocycles. The van der Waals surface area contributed by atoms with Gasteiger partial charge in [-0.15, -0.1) is 0 Å². The highest BCUT2D eigenvalue weighted by molar-refractivity contribution is 6.51. The number of nitrogens with zero attached hydrogens (tertiary/aromatic N) is 2. The van der Waals surface area contributed by atoms with Crippen LogP contribution in [0.1, 0.15) is 43.5 Å². The lowest BCUT2D eigenvalue weighted by Gasteiger charge is -2.26. The molecule has 0 saturated carbocycles. The number of carbonyl (C=O) groups excluding carboxylic acids is 2. The van der Waals surface area contributed by atoms with Gasteiger partial charge in [-0.1, -0.05) is 24.3 Å². The van der Waals surface area contributed by atoms with Crippen molar-refractivity contribution in [1.29, 1.82) is 5.26 Å². The monoisotopic (exact) mass is 482 g/mol. The van der Waals surface area contributed by atoms with Gasteiger partial charge in [0.25, 0.3) is 11.7 Å². The predicted molar refractivity (Wildman–Crippen MR) is 136 cm³/mol. The summed E-state index contributed by atoms with van der Waals surface area (Å²) >= 11 is 0. The molecule has 1 aliphatic heterocycles. The Labute approximate surface area is 209 Å². The summed E-state index contributed by atoms with van der Waals surface area (Å²) in [7, 11) is 0. The number of benzene rings is 3. The molecule has 182 valence electrons. The Hall–Kier alpha value is -4.57. The molecule has 0 bridgehead atoms. The van der Waals surface area contributed by atoms with E-state index in [1.807, 2.05) is 26.8 Å². The third-order valence-corrected chi connectivity index (χ3v) is 5.68. The van der Waals surface area contributed by atoms with Crippen molar-refractivity contribution in [2.75, 3.05) is 11.5 Å². The van der Waals surface area contributed by atoms with E-state index >= 15 is 0 Å². The molecule has 0 spiro atoms. The van der Waals surface area contributed by atoms with Crippen molar-refractivity contribution in [3.8, 4) is 17.6 Å². The largest absolute Gasteiger partial charge is 0.507 e. The van der Waals surface area contributed by atoms with Crippen LogP contribution in [-0.2, 0) is 9.59 Å². The second-order valence-corrected chi connectivity index (χ2v) is 8.53. The first-order valence-electron chi connectivity index (χ1n) is 11.6. The Morgan fingerprint density at radius 2 is 1.72 bits per heavy atom. The van der Waals surface area contributed by atoms with Crippen LogP contribution < -0.4 is 14.4 Å². The van der Waals surface area contributed by atoms with Crippen molar-refractivity contribution in [1.82, 2.24) is 0 Å². The van der Waals surface area contributed by atoms with Crippen LogP contribution in [0.15, 0.2) is 78.4 Å². The van der Waals surface area contributed by atoms with Crippen molar-refractivity contribution in [3.63, 3.8) is 0 Å². The van der Waals surface area contributed by atoms with E-state index in [4.69, 9.17) is 9.47 Å². The average Bonchev–Trinajstić information content (AvgIpc) is 3.14. The van der Waals surface area contributed by atoms with Gasteiger partial charge in [-0.25, -0.2) is 0 Å². The number of amides is 1. The van der Waals surface area contributed by atoms with E-state index in [-0.39, 0.29) is 17.4 Å². The standard InChI is InChI=1S/C29H26N2O5/c1-4-35-23-9-6-8-21(16-23)27(32)25-26(20-7-5-10-24(15-20)36-18(2)3)31(29(34)28(25)33)22-13-11-19(17-30)12-14-22/h5-16,18,26,32H,4H2,1-3H3/b27-25-. The van der Waals surface area contributed by atoms with Crippen LogP contribution in [0, 0.1) is 11.3 Å². The molecule has 1 atom stereocenters. The van der Waals surface area contributed by atoms with Crippen LogP contribution in [0.4, 0.5) is 5.69 Å². The molecule has 0 aromatic heterocycles. The minimum Gasteiger partial charge on any atom is -0.507 e. The lowest BCUT2D eigenvalue weighted by Crippen LogP contribution is -2.29. The van der Waals surface area contributed by atoms with Gasteiger partial charge in [-0.3, -0.25) is 14.5 Å². The van der Waals surface area contributed by atoms with Gasteiger partial charge in [0.2, 0.25) is 0 Å². The van der Waals surface area contributed by atoms with Gasteiger partial charge in [-0.2, -0.15) is 5.26 Å². The minimum absolute atomic E-state index is 0.0419. The maximum absolute atomic E-state index is 13.4. The van der Waals surface area contributed by atoms with Gasteiger partial charge >= 0.3 is 0 Å². The summed E-state index contributed by atoms with van der Waals surface area (Å²) in [5, 5.41) is 20.5. The molecule has 3 aromatic rings. The van der Waals surface area contributed by atoms with Gasteiger partial charge in [0.1, 0.15) is 17.3 Å². The smallest absolute Gasteiger partial charge is 0.300 e. The summed E-state index contributed by atoms with van der Waals surface area (Å²) in [6, 6.07) is 21.4. The van der Waals surface area contributed by atoms with Gasteiger partial charge in [0.05, 0.1) is 36.0 Å². The summed E-state index contributed by atoms with van der Waals surface area (Å²) in [6.45, 7) is 6.10. The number of carbonyl (C=O) groups is 2.